The van der Waals surface area contributed by atoms with E-state index < -0.39 is 0 Å². The van der Waals surface area contributed by atoms with Crippen LogP contribution in [0.15, 0.2) is 17.0 Å². The van der Waals surface area contributed by atoms with E-state index >= 15 is 0 Å². The fourth-order valence-corrected chi connectivity index (χ4v) is 1.27. The van der Waals surface area contributed by atoms with Gasteiger partial charge in [-0.2, -0.15) is 4.37 Å². The van der Waals surface area contributed by atoms with E-state index in [0.29, 0.717) is 0 Å². The van der Waals surface area contributed by atoms with Gasteiger partial charge in [0, 0.05) is 17.2 Å². The summed E-state index contributed by atoms with van der Waals surface area (Å²) in [6, 6.07) is 0. The predicted octanol–water partition coefficient (Wildman–Crippen LogP) is 2.90. The monoisotopic (exact) mass is 166 g/mol. The molecule has 0 aliphatic carbocycles. The molecule has 0 aromatic carbocycles. The maximum Gasteiger partial charge on any atom is 0.172 e. The highest BCUT2D eigenvalue weighted by Crippen LogP contribution is 2.19. The second-order valence-electron chi connectivity index (χ2n) is 2.02. The van der Waals surface area contributed by atoms with Crippen LogP contribution in [0.25, 0.3) is 6.08 Å². The topological polar surface area (TPSA) is 25.2 Å². The molecule has 58 valence electrons. The molecule has 0 N–H and O–H groups in total. The van der Waals surface area contributed by atoms with Crippen molar-refractivity contribution in [2.45, 2.75) is 13.3 Å². The maximum atomic E-state index is 4.16. The minimum atomic E-state index is 0.784. The van der Waals surface area contributed by atoms with E-state index in [1.54, 1.807) is 6.08 Å². The summed E-state index contributed by atoms with van der Waals surface area (Å²) in [4.78, 5) is 4.16. The fourth-order valence-electron chi connectivity index (χ4n) is 0.654. The smallest absolute Gasteiger partial charge is 0.172 e. The van der Waals surface area contributed by atoms with Crippen molar-refractivity contribution < 1.29 is 0 Å². The molecule has 2 nitrogen and oxygen atoms in total. The summed E-state index contributed by atoms with van der Waals surface area (Å²) in [6.45, 7) is 5.71. The van der Waals surface area contributed by atoms with Crippen LogP contribution in [-0.2, 0) is 0 Å². The third kappa shape index (κ3) is 1.98. The quantitative estimate of drug-likeness (QED) is 0.634. The summed E-state index contributed by atoms with van der Waals surface area (Å²) in [6.07, 6.45) is 4.56. The summed E-state index contributed by atoms with van der Waals surface area (Å²) in [5.41, 5.74) is 1.01. The van der Waals surface area contributed by atoms with Crippen LogP contribution >= 0.6 is 11.5 Å². The van der Waals surface area contributed by atoms with Crippen LogP contribution < -0.4 is 0 Å². The lowest BCUT2D eigenvalue weighted by molar-refractivity contribution is 1.30. The zero-order valence-electron chi connectivity index (χ0n) is 6.45. The van der Waals surface area contributed by atoms with Crippen LogP contribution in [0, 0.1) is 0 Å². The zero-order chi connectivity index (χ0) is 8.10. The Labute approximate surface area is 70.5 Å². The number of hydrogen-bond acceptors (Lipinski definition) is 3. The van der Waals surface area contributed by atoms with Gasteiger partial charge in [-0.1, -0.05) is 19.6 Å². The van der Waals surface area contributed by atoms with Crippen molar-refractivity contribution in [3.05, 3.63) is 17.5 Å². The molecule has 1 heterocycles. The van der Waals surface area contributed by atoms with Gasteiger partial charge in [-0.15, -0.1) is 0 Å². The minimum absolute atomic E-state index is 0.784. The molecule has 0 atom stereocenters. The highest BCUT2D eigenvalue weighted by molar-refractivity contribution is 7.04. The van der Waals surface area contributed by atoms with Gasteiger partial charge < -0.3 is 0 Å². The van der Waals surface area contributed by atoms with Crippen LogP contribution in [0.4, 0.5) is 5.82 Å². The van der Waals surface area contributed by atoms with E-state index in [1.807, 2.05) is 18.5 Å². The van der Waals surface area contributed by atoms with Crippen LogP contribution in [0.3, 0.4) is 0 Å². The van der Waals surface area contributed by atoms with Gasteiger partial charge in [0.05, 0.1) is 0 Å². The minimum Gasteiger partial charge on any atom is -0.240 e. The summed E-state index contributed by atoms with van der Waals surface area (Å²) >= 11 is 1.41. The second-order valence-corrected chi connectivity index (χ2v) is 2.65. The normalized spacial score (nSPS) is 10.6. The molecule has 0 aliphatic rings. The first-order valence-corrected chi connectivity index (χ1v) is 4.31. The first-order valence-electron chi connectivity index (χ1n) is 3.47. The number of aromatic nitrogens is 1. The summed E-state index contributed by atoms with van der Waals surface area (Å²) in [7, 11) is 0. The molecular formula is C8H10N2S. The molecule has 1 aromatic heterocycles. The van der Waals surface area contributed by atoms with Crippen molar-refractivity contribution in [2.75, 3.05) is 0 Å². The van der Waals surface area contributed by atoms with E-state index in [1.165, 1.54) is 11.5 Å². The molecule has 0 radical (unpaired) electrons. The van der Waals surface area contributed by atoms with Gasteiger partial charge in [0.25, 0.3) is 0 Å². The lowest BCUT2D eigenvalue weighted by Gasteiger charge is -1.86. The van der Waals surface area contributed by atoms with Gasteiger partial charge in [0.15, 0.2) is 5.82 Å². The Morgan fingerprint density at radius 3 is 3.27 bits per heavy atom. The second kappa shape index (κ2) is 4.03. The molecule has 0 bridgehead atoms. The Balaban J connectivity index is 2.84. The Morgan fingerprint density at radius 2 is 2.64 bits per heavy atom. The highest BCUT2D eigenvalue weighted by Gasteiger charge is 1.97. The zero-order valence-corrected chi connectivity index (χ0v) is 7.27. The Bertz CT molecular complexity index is 263. The van der Waals surface area contributed by atoms with E-state index in [2.05, 4.69) is 15.9 Å². The molecule has 0 spiro atoms. The molecule has 3 heteroatoms. The van der Waals surface area contributed by atoms with E-state index in [4.69, 9.17) is 0 Å². The number of aliphatic imine (C=N–C) groups is 1. The molecule has 0 saturated carbocycles. The van der Waals surface area contributed by atoms with E-state index in [-0.39, 0.29) is 0 Å². The van der Waals surface area contributed by atoms with Crippen molar-refractivity contribution >= 4 is 29.6 Å². The highest BCUT2D eigenvalue weighted by atomic mass is 32.1. The first kappa shape index (κ1) is 8.14. The lowest BCUT2D eigenvalue weighted by Crippen LogP contribution is -1.70. The molecule has 1 aromatic rings. The average molecular weight is 166 g/mol. The van der Waals surface area contributed by atoms with Gasteiger partial charge in [-0.25, -0.2) is 4.99 Å². The van der Waals surface area contributed by atoms with Crippen LogP contribution in [-0.4, -0.2) is 10.6 Å². The lowest BCUT2D eigenvalue weighted by atomic mass is 10.3. The molecule has 11 heavy (non-hydrogen) atoms. The SMILES string of the molecule is C=Cc1csnc1N=CCC. The number of hydrogen-bond donors (Lipinski definition) is 0. The van der Waals surface area contributed by atoms with Crippen molar-refractivity contribution in [1.82, 2.24) is 4.37 Å². The third-order valence-corrected chi connectivity index (χ3v) is 1.83. The van der Waals surface area contributed by atoms with Crippen molar-refractivity contribution in [1.29, 1.82) is 0 Å². The maximum absolute atomic E-state index is 4.16. The van der Waals surface area contributed by atoms with Gasteiger partial charge in [-0.05, 0) is 18.0 Å². The molecule has 0 amide bonds. The summed E-state index contributed by atoms with van der Waals surface area (Å²) < 4.78 is 4.10. The van der Waals surface area contributed by atoms with Gasteiger partial charge in [0.1, 0.15) is 0 Å². The van der Waals surface area contributed by atoms with Gasteiger partial charge in [0.2, 0.25) is 0 Å². The van der Waals surface area contributed by atoms with Crippen molar-refractivity contribution in [3.63, 3.8) is 0 Å². The molecule has 0 unspecified atom stereocenters. The van der Waals surface area contributed by atoms with Crippen LogP contribution in [0.5, 0.6) is 0 Å². The van der Waals surface area contributed by atoms with Crippen molar-refractivity contribution in [2.24, 2.45) is 4.99 Å². The average Bonchev–Trinajstić information content (AvgIpc) is 2.47. The Hall–Kier alpha value is -0.960. The number of nitrogens with zero attached hydrogens (tertiary/aromatic N) is 2. The van der Waals surface area contributed by atoms with Crippen LogP contribution in [0.1, 0.15) is 18.9 Å². The Morgan fingerprint density at radius 1 is 1.82 bits per heavy atom. The number of rotatable bonds is 3. The molecular weight excluding hydrogens is 156 g/mol. The third-order valence-electron chi connectivity index (χ3n) is 1.19. The van der Waals surface area contributed by atoms with Crippen molar-refractivity contribution in [3.8, 4) is 0 Å². The van der Waals surface area contributed by atoms with E-state index in [9.17, 15) is 0 Å². The molecule has 0 saturated heterocycles. The predicted molar refractivity (Wildman–Crippen MR) is 50.6 cm³/mol. The molecule has 0 aliphatic heterocycles. The fraction of sp³-hybridized carbons (Fsp3) is 0.250. The summed E-state index contributed by atoms with van der Waals surface area (Å²) in [5.74, 6) is 0.784. The van der Waals surface area contributed by atoms with E-state index in [0.717, 1.165) is 17.8 Å². The standard InChI is InChI=1S/C8H10N2S/c1-3-5-9-8-7(4-2)6-11-10-8/h4-6H,2-3H2,1H3. The van der Waals surface area contributed by atoms with Gasteiger partial charge in [-0.3, -0.25) is 0 Å². The van der Waals surface area contributed by atoms with Crippen LogP contribution in [0.2, 0.25) is 0 Å². The van der Waals surface area contributed by atoms with Gasteiger partial charge >= 0.3 is 0 Å². The first-order chi connectivity index (χ1) is 5.38. The summed E-state index contributed by atoms with van der Waals surface area (Å²) in [5, 5.41) is 1.94. The molecule has 0 fully saturated rings. The Kier molecular flexibility index (Phi) is 2.98. The molecule has 1 rings (SSSR count). The largest absolute Gasteiger partial charge is 0.240 e.